The topological polar surface area (TPSA) is 12.0 Å². The summed E-state index contributed by atoms with van der Waals surface area (Å²) in [7, 11) is 0. The van der Waals surface area contributed by atoms with Gasteiger partial charge in [-0.15, -0.1) is 11.6 Å². The van der Waals surface area contributed by atoms with Crippen LogP contribution in [-0.4, -0.2) is 24.1 Å². The van der Waals surface area contributed by atoms with E-state index in [0.29, 0.717) is 12.8 Å². The zero-order valence-electron chi connectivity index (χ0n) is 5.79. The molecule has 11 heavy (non-hydrogen) atoms. The second-order valence-electron chi connectivity index (χ2n) is 2.76. The minimum atomic E-state index is -4.10. The Kier molecular flexibility index (Phi) is 2.65. The van der Waals surface area contributed by atoms with Crippen LogP contribution in [0.5, 0.6) is 0 Å². The summed E-state index contributed by atoms with van der Waals surface area (Å²) in [4.78, 5) is 0. The summed E-state index contributed by atoms with van der Waals surface area (Å²) in [5, 5.41) is 2.45. The second kappa shape index (κ2) is 3.19. The van der Waals surface area contributed by atoms with Gasteiger partial charge >= 0.3 is 6.18 Å². The third kappa shape index (κ3) is 3.29. The molecule has 0 heterocycles. The van der Waals surface area contributed by atoms with Crippen molar-refractivity contribution in [2.75, 3.05) is 6.54 Å². The van der Waals surface area contributed by atoms with Gasteiger partial charge in [0.1, 0.15) is 0 Å². The zero-order chi connectivity index (χ0) is 8.48. The number of hydrogen-bond donors (Lipinski definition) is 1. The highest BCUT2D eigenvalue weighted by Gasteiger charge is 2.32. The summed E-state index contributed by atoms with van der Waals surface area (Å²) in [6.07, 6.45) is -2.80. The fourth-order valence-electron chi connectivity index (χ4n) is 0.975. The third-order valence-corrected chi connectivity index (χ3v) is 2.03. The van der Waals surface area contributed by atoms with Crippen molar-refractivity contribution in [2.24, 2.45) is 0 Å². The van der Waals surface area contributed by atoms with E-state index < -0.39 is 12.7 Å². The second-order valence-corrected chi connectivity index (χ2v) is 3.38. The molecule has 0 aromatic heterocycles. The first-order valence-electron chi connectivity index (χ1n) is 3.41. The summed E-state index contributed by atoms with van der Waals surface area (Å²) in [5.74, 6) is 0. The van der Waals surface area contributed by atoms with E-state index in [4.69, 9.17) is 11.6 Å². The predicted octanol–water partition coefficient (Wildman–Crippen LogP) is 1.91. The number of rotatable bonds is 2. The highest BCUT2D eigenvalue weighted by atomic mass is 35.5. The molecule has 1 aliphatic carbocycles. The smallest absolute Gasteiger partial charge is 0.306 e. The summed E-state index contributed by atoms with van der Waals surface area (Å²) >= 11 is 5.57. The minimum absolute atomic E-state index is 0.0286. The Morgan fingerprint density at radius 1 is 1.36 bits per heavy atom. The van der Waals surface area contributed by atoms with Crippen molar-refractivity contribution >= 4 is 11.6 Å². The molecule has 0 amide bonds. The first kappa shape index (κ1) is 9.13. The van der Waals surface area contributed by atoms with Crippen molar-refractivity contribution in [1.82, 2.24) is 5.32 Å². The van der Waals surface area contributed by atoms with Crippen molar-refractivity contribution in [3.63, 3.8) is 0 Å². The average Bonchev–Trinajstić information content (AvgIpc) is 1.75. The summed E-state index contributed by atoms with van der Waals surface area (Å²) in [6, 6.07) is -0.0286. The molecule has 0 saturated heterocycles. The van der Waals surface area contributed by atoms with Crippen LogP contribution in [0.2, 0.25) is 0 Å². The maximum absolute atomic E-state index is 11.6. The lowest BCUT2D eigenvalue weighted by Gasteiger charge is -2.31. The van der Waals surface area contributed by atoms with E-state index in [9.17, 15) is 13.2 Å². The highest BCUT2D eigenvalue weighted by Crippen LogP contribution is 2.26. The minimum Gasteiger partial charge on any atom is -0.306 e. The Hall–Kier alpha value is 0.0400. The van der Waals surface area contributed by atoms with Crippen molar-refractivity contribution < 1.29 is 13.2 Å². The van der Waals surface area contributed by atoms with E-state index in [1.165, 1.54) is 0 Å². The summed E-state index contributed by atoms with van der Waals surface area (Å²) in [5.41, 5.74) is 0. The van der Waals surface area contributed by atoms with E-state index in [-0.39, 0.29) is 11.4 Å². The lowest BCUT2D eigenvalue weighted by molar-refractivity contribution is -0.127. The van der Waals surface area contributed by atoms with Crippen LogP contribution in [-0.2, 0) is 0 Å². The fourth-order valence-corrected chi connectivity index (χ4v) is 1.41. The molecule has 0 aliphatic heterocycles. The largest absolute Gasteiger partial charge is 0.401 e. The van der Waals surface area contributed by atoms with Gasteiger partial charge in [-0.2, -0.15) is 13.2 Å². The lowest BCUT2D eigenvalue weighted by atomic mass is 9.92. The van der Waals surface area contributed by atoms with Gasteiger partial charge in [0.2, 0.25) is 0 Å². The standard InChI is InChI=1S/C6H9ClF3N/c7-4-1-5(2-4)11-3-6(8,9)10/h4-5,11H,1-3H2. The molecule has 0 unspecified atom stereocenters. The van der Waals surface area contributed by atoms with Crippen molar-refractivity contribution in [3.05, 3.63) is 0 Å². The Balaban J connectivity index is 2.05. The van der Waals surface area contributed by atoms with Crippen LogP contribution in [0, 0.1) is 0 Å². The van der Waals surface area contributed by atoms with Gasteiger partial charge in [-0.05, 0) is 12.8 Å². The van der Waals surface area contributed by atoms with Crippen LogP contribution in [0.3, 0.4) is 0 Å². The monoisotopic (exact) mass is 187 g/mol. The molecule has 0 aromatic carbocycles. The molecule has 5 heteroatoms. The molecule has 66 valence electrons. The third-order valence-electron chi connectivity index (χ3n) is 1.67. The van der Waals surface area contributed by atoms with Crippen LogP contribution < -0.4 is 5.32 Å². The molecule has 0 aromatic rings. The van der Waals surface area contributed by atoms with Gasteiger partial charge in [0.25, 0.3) is 0 Å². The van der Waals surface area contributed by atoms with Gasteiger partial charge in [-0.25, -0.2) is 0 Å². The van der Waals surface area contributed by atoms with E-state index in [2.05, 4.69) is 5.32 Å². The number of nitrogens with one attached hydrogen (secondary N) is 1. The Morgan fingerprint density at radius 2 is 1.91 bits per heavy atom. The number of hydrogen-bond acceptors (Lipinski definition) is 1. The first-order chi connectivity index (χ1) is 4.97. The van der Waals surface area contributed by atoms with Gasteiger partial charge < -0.3 is 5.32 Å². The van der Waals surface area contributed by atoms with Gasteiger partial charge in [0, 0.05) is 11.4 Å². The maximum Gasteiger partial charge on any atom is 0.401 e. The number of halogens is 4. The molecule has 0 spiro atoms. The predicted molar refractivity (Wildman–Crippen MR) is 36.7 cm³/mol. The van der Waals surface area contributed by atoms with E-state index in [1.807, 2.05) is 0 Å². The quantitative estimate of drug-likeness (QED) is 0.652. The molecule has 1 fully saturated rings. The highest BCUT2D eigenvalue weighted by molar-refractivity contribution is 6.21. The molecular formula is C6H9ClF3N. The Morgan fingerprint density at radius 3 is 2.27 bits per heavy atom. The molecule has 1 rings (SSSR count). The van der Waals surface area contributed by atoms with Crippen molar-refractivity contribution in [2.45, 2.75) is 30.4 Å². The van der Waals surface area contributed by atoms with Crippen LogP contribution in [0.4, 0.5) is 13.2 Å². The van der Waals surface area contributed by atoms with Crippen molar-refractivity contribution in [1.29, 1.82) is 0 Å². The zero-order valence-corrected chi connectivity index (χ0v) is 6.54. The van der Waals surface area contributed by atoms with Crippen molar-refractivity contribution in [3.8, 4) is 0 Å². The van der Waals surface area contributed by atoms with Gasteiger partial charge in [0.05, 0.1) is 6.54 Å². The van der Waals surface area contributed by atoms with Gasteiger partial charge in [-0.1, -0.05) is 0 Å². The molecule has 1 N–H and O–H groups in total. The van der Waals surface area contributed by atoms with E-state index in [1.54, 1.807) is 0 Å². The average molecular weight is 188 g/mol. The van der Waals surface area contributed by atoms with E-state index >= 15 is 0 Å². The maximum atomic E-state index is 11.6. The fraction of sp³-hybridized carbons (Fsp3) is 1.00. The molecule has 1 aliphatic rings. The molecule has 1 nitrogen and oxygen atoms in total. The molecule has 0 atom stereocenters. The number of alkyl halides is 4. The summed E-state index contributed by atoms with van der Waals surface area (Å²) in [6.45, 7) is -0.902. The normalized spacial score (nSPS) is 31.6. The van der Waals surface area contributed by atoms with Crippen LogP contribution in [0.15, 0.2) is 0 Å². The van der Waals surface area contributed by atoms with Gasteiger partial charge in [0.15, 0.2) is 0 Å². The Labute approximate surface area is 67.9 Å². The Bertz CT molecular complexity index is 130. The molecule has 1 saturated carbocycles. The molecule has 0 bridgehead atoms. The van der Waals surface area contributed by atoms with E-state index in [0.717, 1.165) is 0 Å². The molecular weight excluding hydrogens is 179 g/mol. The van der Waals surface area contributed by atoms with Crippen LogP contribution in [0.25, 0.3) is 0 Å². The first-order valence-corrected chi connectivity index (χ1v) is 3.85. The lowest BCUT2D eigenvalue weighted by Crippen LogP contribution is -2.45. The van der Waals surface area contributed by atoms with Crippen LogP contribution in [0.1, 0.15) is 12.8 Å². The van der Waals surface area contributed by atoms with Crippen LogP contribution >= 0.6 is 11.6 Å². The molecule has 0 radical (unpaired) electrons. The van der Waals surface area contributed by atoms with Gasteiger partial charge in [-0.3, -0.25) is 0 Å². The summed E-state index contributed by atoms with van der Waals surface area (Å²) < 4.78 is 34.7. The SMILES string of the molecule is FC(F)(F)CNC1CC(Cl)C1.